The molecule has 0 aromatic heterocycles. The van der Waals surface area contributed by atoms with Crippen LogP contribution in [0.5, 0.6) is 0 Å². The minimum absolute atomic E-state index is 0.0186. The molecule has 0 atom stereocenters. The summed E-state index contributed by atoms with van der Waals surface area (Å²) in [5.74, 6) is -0.0913. The van der Waals surface area contributed by atoms with E-state index in [4.69, 9.17) is 15.6 Å². The third kappa shape index (κ3) is 4.69. The number of carboxylic acids is 1. The molecular formula is C14H20N2O3. The second-order valence-electron chi connectivity index (χ2n) is 5.11. The number of carbonyl (C=O) groups is 1. The van der Waals surface area contributed by atoms with Crippen LogP contribution in [0.15, 0.2) is 35.9 Å². The molecule has 0 bridgehead atoms. The maximum atomic E-state index is 10.7. The van der Waals surface area contributed by atoms with Crippen molar-refractivity contribution >= 4 is 5.97 Å². The Morgan fingerprint density at radius 3 is 2.58 bits per heavy atom. The van der Waals surface area contributed by atoms with Gasteiger partial charge in [0.1, 0.15) is 0 Å². The van der Waals surface area contributed by atoms with Gasteiger partial charge in [0.05, 0.1) is 17.9 Å². The molecule has 2 rings (SSSR count). The summed E-state index contributed by atoms with van der Waals surface area (Å²) in [4.78, 5) is 10.7. The van der Waals surface area contributed by atoms with Crippen LogP contribution in [0, 0.1) is 5.92 Å². The largest absolute Gasteiger partial charge is 0.478 e. The Morgan fingerprint density at radius 1 is 1.37 bits per heavy atom. The van der Waals surface area contributed by atoms with E-state index < -0.39 is 5.97 Å². The first-order valence-corrected chi connectivity index (χ1v) is 6.55. The molecule has 0 spiro atoms. The van der Waals surface area contributed by atoms with Crippen LogP contribution in [0.3, 0.4) is 0 Å². The van der Waals surface area contributed by atoms with Crippen LogP contribution in [-0.2, 0) is 9.53 Å². The maximum absolute atomic E-state index is 10.7. The molecule has 0 unspecified atom stereocenters. The second kappa shape index (κ2) is 5.82. The van der Waals surface area contributed by atoms with E-state index in [9.17, 15) is 4.79 Å². The first-order valence-electron chi connectivity index (χ1n) is 6.55. The fraction of sp³-hybridized carbons (Fsp3) is 0.500. The van der Waals surface area contributed by atoms with Gasteiger partial charge in [-0.2, -0.15) is 0 Å². The van der Waals surface area contributed by atoms with Gasteiger partial charge in [0.15, 0.2) is 0 Å². The van der Waals surface area contributed by atoms with Gasteiger partial charge in [0.2, 0.25) is 5.88 Å². The number of nitrogens with two attached hydrogens (primary N) is 1. The Labute approximate surface area is 112 Å². The lowest BCUT2D eigenvalue weighted by atomic mass is 10.2. The predicted molar refractivity (Wildman–Crippen MR) is 72.0 cm³/mol. The summed E-state index contributed by atoms with van der Waals surface area (Å²) >= 11 is 0. The fourth-order valence-electron chi connectivity index (χ4n) is 1.47. The molecule has 19 heavy (non-hydrogen) atoms. The molecule has 104 valence electrons. The standard InChI is InChI=1S/C14H20N2O3/c1-9(14(17)18)2-7-12(16-11-5-6-11)13(15)19-8-10-3-4-10/h2,7,10-11,16H,1,3-6,8,15H2,(H,17,18)/b7-2-,13-12-. The Morgan fingerprint density at radius 2 is 2.05 bits per heavy atom. The zero-order chi connectivity index (χ0) is 13.8. The summed E-state index contributed by atoms with van der Waals surface area (Å²) in [5, 5.41) is 12.0. The van der Waals surface area contributed by atoms with Crippen molar-refractivity contribution in [1.29, 1.82) is 0 Å². The van der Waals surface area contributed by atoms with Crippen molar-refractivity contribution in [3.05, 3.63) is 35.9 Å². The third-order valence-electron chi connectivity index (χ3n) is 3.10. The van der Waals surface area contributed by atoms with E-state index in [-0.39, 0.29) is 5.57 Å². The predicted octanol–water partition coefficient (Wildman–Crippen LogP) is 1.49. The van der Waals surface area contributed by atoms with Gasteiger partial charge in [-0.3, -0.25) is 0 Å². The van der Waals surface area contributed by atoms with E-state index in [1.165, 1.54) is 18.9 Å². The molecule has 0 saturated heterocycles. The lowest BCUT2D eigenvalue weighted by Crippen LogP contribution is -2.21. The number of carboxylic acid groups (broad SMARTS) is 1. The Balaban J connectivity index is 1.97. The van der Waals surface area contributed by atoms with Crippen LogP contribution >= 0.6 is 0 Å². The van der Waals surface area contributed by atoms with E-state index >= 15 is 0 Å². The summed E-state index contributed by atoms with van der Waals surface area (Å²) in [7, 11) is 0. The highest BCUT2D eigenvalue weighted by Gasteiger charge is 2.24. The monoisotopic (exact) mass is 264 g/mol. The third-order valence-corrected chi connectivity index (χ3v) is 3.10. The number of allylic oxidation sites excluding steroid dienone is 1. The normalized spacial score (nSPS) is 20.0. The van der Waals surface area contributed by atoms with E-state index in [0.717, 1.165) is 12.8 Å². The van der Waals surface area contributed by atoms with Gasteiger partial charge in [-0.15, -0.1) is 0 Å². The fourth-order valence-corrected chi connectivity index (χ4v) is 1.47. The quantitative estimate of drug-likeness (QED) is 0.351. The Bertz CT molecular complexity index is 432. The molecule has 0 radical (unpaired) electrons. The zero-order valence-corrected chi connectivity index (χ0v) is 10.9. The molecule has 5 nitrogen and oxygen atoms in total. The molecule has 0 aliphatic heterocycles. The smallest absolute Gasteiger partial charge is 0.335 e. The summed E-state index contributed by atoms with van der Waals surface area (Å²) in [6.07, 6.45) is 7.66. The average Bonchev–Trinajstić information content (AvgIpc) is 3.25. The van der Waals surface area contributed by atoms with Gasteiger partial charge >= 0.3 is 5.97 Å². The van der Waals surface area contributed by atoms with Crippen molar-refractivity contribution in [2.24, 2.45) is 11.7 Å². The first-order chi connectivity index (χ1) is 9.06. The van der Waals surface area contributed by atoms with Crippen LogP contribution in [-0.4, -0.2) is 23.7 Å². The average molecular weight is 264 g/mol. The summed E-state index contributed by atoms with van der Waals surface area (Å²) in [6, 6.07) is 0.417. The molecule has 5 heteroatoms. The minimum atomic E-state index is -1.04. The molecule has 0 aromatic rings. The van der Waals surface area contributed by atoms with Crippen molar-refractivity contribution in [2.75, 3.05) is 6.61 Å². The van der Waals surface area contributed by atoms with E-state index in [1.807, 2.05) is 0 Å². The molecular weight excluding hydrogens is 244 g/mol. The number of ether oxygens (including phenoxy) is 1. The van der Waals surface area contributed by atoms with E-state index in [0.29, 0.717) is 30.1 Å². The van der Waals surface area contributed by atoms with E-state index in [1.54, 1.807) is 6.08 Å². The number of hydrogen-bond acceptors (Lipinski definition) is 4. The molecule has 4 N–H and O–H groups in total. The molecule has 2 saturated carbocycles. The lowest BCUT2D eigenvalue weighted by molar-refractivity contribution is -0.132. The van der Waals surface area contributed by atoms with Gasteiger partial charge in [0.25, 0.3) is 0 Å². The Hall–Kier alpha value is -1.91. The summed E-state index contributed by atoms with van der Waals surface area (Å²) < 4.78 is 5.52. The number of rotatable bonds is 8. The van der Waals surface area contributed by atoms with Gasteiger partial charge in [-0.05, 0) is 43.8 Å². The highest BCUT2D eigenvalue weighted by molar-refractivity contribution is 5.89. The number of nitrogens with one attached hydrogen (secondary N) is 1. The van der Waals surface area contributed by atoms with Crippen LogP contribution in [0.1, 0.15) is 25.7 Å². The van der Waals surface area contributed by atoms with E-state index in [2.05, 4.69) is 11.9 Å². The zero-order valence-electron chi connectivity index (χ0n) is 10.9. The molecule has 0 amide bonds. The molecule has 2 fully saturated rings. The second-order valence-corrected chi connectivity index (χ2v) is 5.11. The van der Waals surface area contributed by atoms with Gasteiger partial charge in [-0.25, -0.2) is 4.79 Å². The maximum Gasteiger partial charge on any atom is 0.335 e. The van der Waals surface area contributed by atoms with Crippen molar-refractivity contribution in [1.82, 2.24) is 5.32 Å². The SMILES string of the molecule is C=C(/C=C\C(NC1CC1)=C(/N)OCC1CC1)C(=O)O. The molecule has 0 heterocycles. The number of aliphatic carboxylic acids is 1. The van der Waals surface area contributed by atoms with Crippen LogP contribution in [0.2, 0.25) is 0 Å². The van der Waals surface area contributed by atoms with Crippen LogP contribution < -0.4 is 11.1 Å². The van der Waals surface area contributed by atoms with Crippen molar-refractivity contribution < 1.29 is 14.6 Å². The highest BCUT2D eigenvalue weighted by atomic mass is 16.5. The van der Waals surface area contributed by atoms with Crippen LogP contribution in [0.4, 0.5) is 0 Å². The van der Waals surface area contributed by atoms with Crippen molar-refractivity contribution in [2.45, 2.75) is 31.7 Å². The summed E-state index contributed by atoms with van der Waals surface area (Å²) in [5.41, 5.74) is 6.56. The van der Waals surface area contributed by atoms with Crippen molar-refractivity contribution in [3.8, 4) is 0 Å². The van der Waals surface area contributed by atoms with Crippen molar-refractivity contribution in [3.63, 3.8) is 0 Å². The molecule has 0 aromatic carbocycles. The lowest BCUT2D eigenvalue weighted by Gasteiger charge is -2.11. The summed E-state index contributed by atoms with van der Waals surface area (Å²) in [6.45, 7) is 4.08. The number of hydrogen-bond donors (Lipinski definition) is 3. The highest BCUT2D eigenvalue weighted by Crippen LogP contribution is 2.29. The van der Waals surface area contributed by atoms with Gasteiger partial charge in [0, 0.05) is 6.04 Å². The van der Waals surface area contributed by atoms with Crippen LogP contribution in [0.25, 0.3) is 0 Å². The Kier molecular flexibility index (Phi) is 4.14. The molecule has 2 aliphatic rings. The van der Waals surface area contributed by atoms with Gasteiger partial charge < -0.3 is 20.9 Å². The minimum Gasteiger partial charge on any atom is -0.478 e. The van der Waals surface area contributed by atoms with Gasteiger partial charge in [-0.1, -0.05) is 6.58 Å². The molecule has 2 aliphatic carbocycles. The topological polar surface area (TPSA) is 84.6 Å². The first kappa shape index (κ1) is 13.5.